The van der Waals surface area contributed by atoms with Gasteiger partial charge in [-0.15, -0.1) is 11.8 Å². The van der Waals surface area contributed by atoms with Crippen LogP contribution in [-0.2, 0) is 9.59 Å². The number of amides is 2. The maximum absolute atomic E-state index is 12.8. The predicted octanol–water partition coefficient (Wildman–Crippen LogP) is 2.52. The molecular formula is C21H31N3O2S. The molecule has 148 valence electrons. The van der Waals surface area contributed by atoms with Crippen molar-refractivity contribution in [2.24, 2.45) is 11.8 Å². The zero-order chi connectivity index (χ0) is 19.1. The van der Waals surface area contributed by atoms with E-state index in [2.05, 4.69) is 22.8 Å². The van der Waals surface area contributed by atoms with Gasteiger partial charge in [0, 0.05) is 36.2 Å². The summed E-state index contributed by atoms with van der Waals surface area (Å²) in [6, 6.07) is 10.2. The van der Waals surface area contributed by atoms with Crippen molar-refractivity contribution in [2.45, 2.75) is 43.5 Å². The molecule has 1 aromatic rings. The Labute approximate surface area is 166 Å². The topological polar surface area (TPSA) is 61.4 Å². The molecule has 2 heterocycles. The number of piperidine rings is 1. The number of nitrogens with one attached hydrogen (secondary N) is 2. The van der Waals surface area contributed by atoms with Crippen molar-refractivity contribution in [3.05, 3.63) is 30.3 Å². The number of hydrogen-bond acceptors (Lipinski definition) is 4. The highest BCUT2D eigenvalue weighted by atomic mass is 32.2. The number of thioether (sulfide) groups is 1. The van der Waals surface area contributed by atoms with Crippen molar-refractivity contribution >= 4 is 23.6 Å². The van der Waals surface area contributed by atoms with Crippen LogP contribution in [0.25, 0.3) is 0 Å². The van der Waals surface area contributed by atoms with Crippen LogP contribution in [0, 0.1) is 11.8 Å². The predicted molar refractivity (Wildman–Crippen MR) is 110 cm³/mol. The summed E-state index contributed by atoms with van der Waals surface area (Å²) < 4.78 is 0. The molecule has 0 saturated carbocycles. The summed E-state index contributed by atoms with van der Waals surface area (Å²) in [6.07, 6.45) is 4.10. The number of carbonyl (C=O) groups excluding carboxylic acids is 2. The van der Waals surface area contributed by atoms with Crippen molar-refractivity contribution in [1.29, 1.82) is 0 Å². The minimum absolute atomic E-state index is 0.00577. The van der Waals surface area contributed by atoms with E-state index in [1.165, 1.54) is 4.90 Å². The number of likely N-dealkylation sites (tertiary alicyclic amines) is 1. The van der Waals surface area contributed by atoms with Gasteiger partial charge in [-0.2, -0.15) is 0 Å². The van der Waals surface area contributed by atoms with Crippen molar-refractivity contribution in [3.63, 3.8) is 0 Å². The van der Waals surface area contributed by atoms with E-state index in [1.807, 2.05) is 30.0 Å². The molecule has 0 radical (unpaired) electrons. The zero-order valence-electron chi connectivity index (χ0n) is 16.2. The standard InChI is InChI=1S/C21H31N3O2S/c1-16(15-27-18-8-3-2-4-9-18)21(26)24-12-6-7-17(14-24)13-23-20(25)19-10-5-11-22-19/h2-4,8-9,16-17,19,22H,5-7,10-15H2,1H3,(H,23,25). The second kappa shape index (κ2) is 10.1. The first-order valence-electron chi connectivity index (χ1n) is 10.1. The fraction of sp³-hybridized carbons (Fsp3) is 0.619. The molecule has 2 N–H and O–H groups in total. The van der Waals surface area contributed by atoms with Gasteiger partial charge in [0.2, 0.25) is 11.8 Å². The molecule has 0 bridgehead atoms. The van der Waals surface area contributed by atoms with Crippen LogP contribution in [0.2, 0.25) is 0 Å². The van der Waals surface area contributed by atoms with E-state index in [-0.39, 0.29) is 23.8 Å². The van der Waals surface area contributed by atoms with E-state index in [0.717, 1.165) is 51.1 Å². The maximum Gasteiger partial charge on any atom is 0.237 e. The quantitative estimate of drug-likeness (QED) is 0.704. The third-order valence-electron chi connectivity index (χ3n) is 5.44. The second-order valence-corrected chi connectivity index (χ2v) is 8.81. The molecule has 5 nitrogen and oxygen atoms in total. The van der Waals surface area contributed by atoms with Gasteiger partial charge >= 0.3 is 0 Å². The van der Waals surface area contributed by atoms with Crippen LogP contribution in [0.3, 0.4) is 0 Å². The van der Waals surface area contributed by atoms with E-state index < -0.39 is 0 Å². The first-order chi connectivity index (χ1) is 13.1. The van der Waals surface area contributed by atoms with Gasteiger partial charge in [0.15, 0.2) is 0 Å². The number of rotatable bonds is 7. The van der Waals surface area contributed by atoms with Crippen LogP contribution in [-0.4, -0.2) is 54.7 Å². The van der Waals surface area contributed by atoms with Crippen molar-refractivity contribution in [3.8, 4) is 0 Å². The summed E-state index contributed by atoms with van der Waals surface area (Å²) in [4.78, 5) is 28.2. The number of benzene rings is 1. The molecule has 3 rings (SSSR count). The molecule has 27 heavy (non-hydrogen) atoms. The third-order valence-corrected chi connectivity index (χ3v) is 6.71. The lowest BCUT2D eigenvalue weighted by molar-refractivity contribution is -0.136. The normalized spacial score (nSPS) is 23.8. The van der Waals surface area contributed by atoms with Gasteiger partial charge in [-0.3, -0.25) is 9.59 Å². The fourth-order valence-corrected chi connectivity index (χ4v) is 4.76. The number of hydrogen-bond donors (Lipinski definition) is 2. The SMILES string of the molecule is CC(CSc1ccccc1)C(=O)N1CCCC(CNC(=O)C2CCCN2)C1. The molecule has 3 unspecified atom stereocenters. The highest BCUT2D eigenvalue weighted by Crippen LogP contribution is 2.23. The molecule has 2 aliphatic heterocycles. The molecular weight excluding hydrogens is 358 g/mol. The van der Waals surface area contributed by atoms with Gasteiger partial charge in [-0.05, 0) is 50.3 Å². The van der Waals surface area contributed by atoms with Crippen molar-refractivity contribution in [2.75, 3.05) is 31.9 Å². The van der Waals surface area contributed by atoms with Gasteiger partial charge in [0.05, 0.1) is 6.04 Å². The minimum atomic E-state index is -0.0265. The molecule has 2 fully saturated rings. The van der Waals surface area contributed by atoms with Crippen LogP contribution >= 0.6 is 11.8 Å². The van der Waals surface area contributed by atoms with E-state index in [4.69, 9.17) is 0 Å². The molecule has 6 heteroatoms. The molecule has 2 aliphatic rings. The van der Waals surface area contributed by atoms with E-state index in [1.54, 1.807) is 11.8 Å². The highest BCUT2D eigenvalue weighted by Gasteiger charge is 2.28. The smallest absolute Gasteiger partial charge is 0.237 e. The average Bonchev–Trinajstić information content (AvgIpc) is 3.25. The Balaban J connectivity index is 1.42. The molecule has 2 saturated heterocycles. The Kier molecular flexibility index (Phi) is 7.59. The summed E-state index contributed by atoms with van der Waals surface area (Å²) in [5, 5.41) is 6.32. The summed E-state index contributed by atoms with van der Waals surface area (Å²) >= 11 is 1.74. The van der Waals surface area contributed by atoms with Gasteiger partial charge < -0.3 is 15.5 Å². The van der Waals surface area contributed by atoms with E-state index in [0.29, 0.717) is 12.5 Å². The number of carbonyl (C=O) groups is 2. The maximum atomic E-state index is 12.8. The highest BCUT2D eigenvalue weighted by molar-refractivity contribution is 7.99. The van der Waals surface area contributed by atoms with Crippen LogP contribution in [0.5, 0.6) is 0 Å². The first-order valence-corrected chi connectivity index (χ1v) is 11.1. The monoisotopic (exact) mass is 389 g/mol. The molecule has 2 amide bonds. The summed E-state index contributed by atoms with van der Waals surface area (Å²) in [5.74, 6) is 1.53. The van der Waals surface area contributed by atoms with Crippen molar-refractivity contribution < 1.29 is 9.59 Å². The van der Waals surface area contributed by atoms with E-state index >= 15 is 0 Å². The van der Waals surface area contributed by atoms with Crippen LogP contribution < -0.4 is 10.6 Å². The van der Waals surface area contributed by atoms with Crippen LogP contribution in [0.4, 0.5) is 0 Å². The van der Waals surface area contributed by atoms with Crippen LogP contribution in [0.1, 0.15) is 32.6 Å². The Bertz CT molecular complexity index is 619. The molecule has 0 spiro atoms. The third kappa shape index (κ3) is 5.98. The molecule has 0 aromatic heterocycles. The second-order valence-electron chi connectivity index (χ2n) is 7.71. The lowest BCUT2D eigenvalue weighted by atomic mass is 9.96. The fourth-order valence-electron chi connectivity index (χ4n) is 3.83. The summed E-state index contributed by atoms with van der Waals surface area (Å²) in [7, 11) is 0. The van der Waals surface area contributed by atoms with Gasteiger partial charge in [-0.1, -0.05) is 25.1 Å². The van der Waals surface area contributed by atoms with Gasteiger partial charge in [0.25, 0.3) is 0 Å². The van der Waals surface area contributed by atoms with Gasteiger partial charge in [0.1, 0.15) is 0 Å². The lowest BCUT2D eigenvalue weighted by Crippen LogP contribution is -2.47. The Morgan fingerprint density at radius 3 is 2.81 bits per heavy atom. The molecule has 0 aliphatic carbocycles. The Hall–Kier alpha value is -1.53. The van der Waals surface area contributed by atoms with Gasteiger partial charge in [-0.25, -0.2) is 0 Å². The van der Waals surface area contributed by atoms with Crippen LogP contribution in [0.15, 0.2) is 35.2 Å². The van der Waals surface area contributed by atoms with E-state index in [9.17, 15) is 9.59 Å². The largest absolute Gasteiger partial charge is 0.354 e. The molecule has 3 atom stereocenters. The molecule has 1 aromatic carbocycles. The summed E-state index contributed by atoms with van der Waals surface area (Å²) in [6.45, 7) is 5.23. The lowest BCUT2D eigenvalue weighted by Gasteiger charge is -2.34. The number of nitrogens with zero attached hydrogens (tertiary/aromatic N) is 1. The minimum Gasteiger partial charge on any atom is -0.354 e. The average molecular weight is 390 g/mol. The Morgan fingerprint density at radius 2 is 2.07 bits per heavy atom. The zero-order valence-corrected chi connectivity index (χ0v) is 17.0. The first kappa shape index (κ1) is 20.2. The van der Waals surface area contributed by atoms with Crippen molar-refractivity contribution in [1.82, 2.24) is 15.5 Å². The summed E-state index contributed by atoms with van der Waals surface area (Å²) in [5.41, 5.74) is 0. The Morgan fingerprint density at radius 1 is 1.26 bits per heavy atom.